The normalized spacial score (nSPS) is 18.9. The number of sulfone groups is 1. The Bertz CT molecular complexity index is 1170. The van der Waals surface area contributed by atoms with Gasteiger partial charge < -0.3 is 15.0 Å². The fraction of sp³-hybridized carbons (Fsp3) is 0.318. The van der Waals surface area contributed by atoms with Crippen LogP contribution in [0.2, 0.25) is 5.02 Å². The molecule has 0 saturated carbocycles. The summed E-state index contributed by atoms with van der Waals surface area (Å²) in [6, 6.07) is 12.9. The van der Waals surface area contributed by atoms with E-state index in [-0.39, 0.29) is 35.8 Å². The van der Waals surface area contributed by atoms with Crippen LogP contribution in [0.25, 0.3) is 10.9 Å². The molecular weight excluding hydrogens is 424 g/mol. The molecule has 0 aliphatic carbocycles. The van der Waals surface area contributed by atoms with Gasteiger partial charge >= 0.3 is 0 Å². The minimum absolute atomic E-state index is 0.00522. The first-order valence-corrected chi connectivity index (χ1v) is 12.0. The van der Waals surface area contributed by atoms with Crippen LogP contribution < -0.4 is 10.1 Å². The van der Waals surface area contributed by atoms with E-state index in [9.17, 15) is 13.2 Å². The Kier molecular flexibility index (Phi) is 5.75. The van der Waals surface area contributed by atoms with E-state index in [1.54, 1.807) is 19.2 Å². The zero-order valence-corrected chi connectivity index (χ0v) is 18.1. The maximum atomic E-state index is 12.9. The monoisotopic (exact) mass is 446 g/mol. The highest BCUT2D eigenvalue weighted by molar-refractivity contribution is 7.91. The average Bonchev–Trinajstić information content (AvgIpc) is 3.29. The Morgan fingerprint density at radius 2 is 2.03 bits per heavy atom. The van der Waals surface area contributed by atoms with Crippen molar-refractivity contribution in [3.8, 4) is 5.75 Å². The third kappa shape index (κ3) is 4.32. The van der Waals surface area contributed by atoms with Crippen LogP contribution in [0.1, 0.15) is 29.9 Å². The number of benzene rings is 2. The van der Waals surface area contributed by atoms with E-state index >= 15 is 0 Å². The third-order valence-corrected chi connectivity index (χ3v) is 7.57. The van der Waals surface area contributed by atoms with Crippen molar-refractivity contribution in [2.75, 3.05) is 18.6 Å². The maximum absolute atomic E-state index is 12.9. The van der Waals surface area contributed by atoms with Gasteiger partial charge in [-0.1, -0.05) is 29.8 Å². The number of halogens is 1. The van der Waals surface area contributed by atoms with Gasteiger partial charge in [-0.25, -0.2) is 8.42 Å². The third-order valence-electron chi connectivity index (χ3n) is 5.55. The minimum Gasteiger partial charge on any atom is -0.496 e. The van der Waals surface area contributed by atoms with Gasteiger partial charge in [-0.2, -0.15) is 0 Å². The molecule has 2 heterocycles. The van der Waals surface area contributed by atoms with E-state index in [1.807, 2.05) is 36.5 Å². The molecule has 3 aromatic rings. The van der Waals surface area contributed by atoms with E-state index in [0.29, 0.717) is 11.4 Å². The molecule has 1 aliphatic heterocycles. The van der Waals surface area contributed by atoms with Crippen molar-refractivity contribution in [3.63, 3.8) is 0 Å². The number of aromatic amines is 1. The second-order valence-corrected chi connectivity index (χ2v) is 10.3. The average molecular weight is 447 g/mol. The standard InChI is InChI=1S/C22H23ClN2O4S/c1-29-20-4-2-3-19-22(20)18(12-24-19)17(14-5-7-15(23)8-6-14)11-21(26)25-16-9-10-30(27,28)13-16/h2-8,12,16-17,24H,9-11,13H2,1H3,(H,25,26)/t16-,17+/m1/s1. The number of amides is 1. The first-order valence-electron chi connectivity index (χ1n) is 9.75. The van der Waals surface area contributed by atoms with Crippen LogP contribution in [0.5, 0.6) is 5.75 Å². The number of hydrogen-bond acceptors (Lipinski definition) is 4. The summed E-state index contributed by atoms with van der Waals surface area (Å²) in [6.45, 7) is 0. The quantitative estimate of drug-likeness (QED) is 0.604. The van der Waals surface area contributed by atoms with Crippen LogP contribution in [-0.4, -0.2) is 44.0 Å². The Hall–Kier alpha value is -2.51. The van der Waals surface area contributed by atoms with Gasteiger partial charge in [-0.15, -0.1) is 0 Å². The number of methoxy groups -OCH3 is 1. The summed E-state index contributed by atoms with van der Waals surface area (Å²) in [5.74, 6) is 0.431. The van der Waals surface area contributed by atoms with Gasteiger partial charge in [0.05, 0.1) is 18.6 Å². The van der Waals surface area contributed by atoms with Gasteiger partial charge in [-0.3, -0.25) is 4.79 Å². The molecule has 0 bridgehead atoms. The first-order chi connectivity index (χ1) is 14.4. The van der Waals surface area contributed by atoms with Gasteiger partial charge in [0.1, 0.15) is 5.75 Å². The number of rotatable bonds is 6. The fourth-order valence-electron chi connectivity index (χ4n) is 4.11. The predicted molar refractivity (Wildman–Crippen MR) is 118 cm³/mol. The van der Waals surface area contributed by atoms with Gasteiger partial charge in [0.2, 0.25) is 5.91 Å². The molecule has 158 valence electrons. The largest absolute Gasteiger partial charge is 0.496 e. The Morgan fingerprint density at radius 3 is 2.70 bits per heavy atom. The molecule has 2 atom stereocenters. The highest BCUT2D eigenvalue weighted by Gasteiger charge is 2.30. The molecule has 2 N–H and O–H groups in total. The lowest BCUT2D eigenvalue weighted by atomic mass is 9.87. The van der Waals surface area contributed by atoms with E-state index < -0.39 is 9.84 Å². The lowest BCUT2D eigenvalue weighted by Crippen LogP contribution is -2.36. The number of ether oxygens (including phenoxy) is 1. The predicted octanol–water partition coefficient (Wildman–Crippen LogP) is 3.66. The second-order valence-electron chi connectivity index (χ2n) is 7.60. The molecule has 0 radical (unpaired) electrons. The number of carbonyl (C=O) groups is 1. The Balaban J connectivity index is 1.67. The molecular formula is C22H23ClN2O4S. The zero-order chi connectivity index (χ0) is 21.3. The molecule has 1 saturated heterocycles. The van der Waals surface area contributed by atoms with Crippen molar-refractivity contribution < 1.29 is 17.9 Å². The molecule has 1 aliphatic rings. The number of carbonyl (C=O) groups excluding carboxylic acids is 1. The lowest BCUT2D eigenvalue weighted by Gasteiger charge is -2.19. The van der Waals surface area contributed by atoms with E-state index in [0.717, 1.165) is 27.8 Å². The second kappa shape index (κ2) is 8.32. The van der Waals surface area contributed by atoms with Gasteiger partial charge in [0.25, 0.3) is 0 Å². The van der Waals surface area contributed by atoms with E-state index in [2.05, 4.69) is 10.3 Å². The summed E-state index contributed by atoms with van der Waals surface area (Å²) in [7, 11) is -1.44. The number of aromatic nitrogens is 1. The number of nitrogens with one attached hydrogen (secondary N) is 2. The lowest BCUT2D eigenvalue weighted by molar-refractivity contribution is -0.121. The molecule has 4 rings (SSSR count). The summed E-state index contributed by atoms with van der Waals surface area (Å²) < 4.78 is 29.0. The van der Waals surface area contributed by atoms with Crippen LogP contribution in [0.15, 0.2) is 48.7 Å². The number of fused-ring (bicyclic) bond motifs is 1. The van der Waals surface area contributed by atoms with Crippen LogP contribution in [-0.2, 0) is 14.6 Å². The molecule has 6 nitrogen and oxygen atoms in total. The molecule has 0 spiro atoms. The van der Waals surface area contributed by atoms with Crippen LogP contribution in [0.4, 0.5) is 0 Å². The van der Waals surface area contributed by atoms with E-state index in [1.165, 1.54) is 0 Å². The zero-order valence-electron chi connectivity index (χ0n) is 16.5. The van der Waals surface area contributed by atoms with Gasteiger partial charge in [-0.05, 0) is 41.8 Å². The Morgan fingerprint density at radius 1 is 1.27 bits per heavy atom. The molecule has 1 amide bonds. The summed E-state index contributed by atoms with van der Waals surface area (Å²) >= 11 is 6.07. The van der Waals surface area contributed by atoms with Crippen molar-refractivity contribution in [1.82, 2.24) is 10.3 Å². The summed E-state index contributed by atoms with van der Waals surface area (Å²) in [6.07, 6.45) is 2.55. The van der Waals surface area contributed by atoms with Gasteiger partial charge in [0.15, 0.2) is 9.84 Å². The van der Waals surface area contributed by atoms with Crippen molar-refractivity contribution in [1.29, 1.82) is 0 Å². The van der Waals surface area contributed by atoms with E-state index in [4.69, 9.17) is 16.3 Å². The summed E-state index contributed by atoms with van der Waals surface area (Å²) in [5, 5.41) is 4.45. The topological polar surface area (TPSA) is 88.3 Å². The Labute approximate surface area is 180 Å². The van der Waals surface area contributed by atoms with Gasteiger partial charge in [0, 0.05) is 40.5 Å². The molecule has 8 heteroatoms. The fourth-order valence-corrected chi connectivity index (χ4v) is 5.90. The molecule has 30 heavy (non-hydrogen) atoms. The highest BCUT2D eigenvalue weighted by atomic mass is 35.5. The van der Waals surface area contributed by atoms with Crippen LogP contribution in [0, 0.1) is 0 Å². The van der Waals surface area contributed by atoms with Crippen molar-refractivity contribution >= 4 is 38.2 Å². The van der Waals surface area contributed by atoms with Crippen LogP contribution >= 0.6 is 11.6 Å². The molecule has 2 aromatic carbocycles. The first kappa shape index (κ1) is 20.8. The minimum atomic E-state index is -3.06. The molecule has 0 unspecified atom stereocenters. The SMILES string of the molecule is COc1cccc2[nH]cc([C@@H](CC(=O)N[C@@H]3CCS(=O)(=O)C3)c3ccc(Cl)cc3)c12. The molecule has 1 aromatic heterocycles. The van der Waals surface area contributed by atoms with Crippen LogP contribution in [0.3, 0.4) is 0 Å². The smallest absolute Gasteiger partial charge is 0.221 e. The van der Waals surface area contributed by atoms with Crippen molar-refractivity contribution in [3.05, 3.63) is 64.8 Å². The summed E-state index contributed by atoms with van der Waals surface area (Å²) in [5.41, 5.74) is 2.81. The number of hydrogen-bond donors (Lipinski definition) is 2. The highest BCUT2D eigenvalue weighted by Crippen LogP contribution is 2.38. The molecule has 1 fully saturated rings. The van der Waals surface area contributed by atoms with Crippen molar-refractivity contribution in [2.45, 2.75) is 24.8 Å². The van der Waals surface area contributed by atoms with Crippen molar-refractivity contribution in [2.24, 2.45) is 0 Å². The summed E-state index contributed by atoms with van der Waals surface area (Å²) in [4.78, 5) is 16.1. The maximum Gasteiger partial charge on any atom is 0.221 e. The number of H-pyrrole nitrogens is 1.